The van der Waals surface area contributed by atoms with Crippen molar-refractivity contribution in [2.75, 3.05) is 5.32 Å². The molecule has 0 saturated carbocycles. The second kappa shape index (κ2) is 4.86. The number of anilines is 1. The Morgan fingerprint density at radius 2 is 1.90 bits per heavy atom. The molecule has 3 aromatic heterocycles. The summed E-state index contributed by atoms with van der Waals surface area (Å²) in [6.07, 6.45) is 3.54. The Labute approximate surface area is 121 Å². The normalized spacial score (nSPS) is 11.0. The molecule has 0 aliphatic rings. The van der Waals surface area contributed by atoms with E-state index in [1.165, 1.54) is 0 Å². The lowest BCUT2D eigenvalue weighted by Gasteiger charge is -2.08. The minimum atomic E-state index is 0.645. The number of para-hydroxylation sites is 1. The largest absolute Gasteiger partial charge is 0.364 e. The average Bonchev–Trinajstić information content (AvgIpc) is 3.02. The third kappa shape index (κ3) is 2.18. The molecule has 1 N–H and O–H groups in total. The first-order chi connectivity index (χ1) is 10.4. The summed E-state index contributed by atoms with van der Waals surface area (Å²) in [5.74, 6) is 0.853. The first-order valence-corrected chi connectivity index (χ1v) is 6.77. The van der Waals surface area contributed by atoms with Crippen molar-refractivity contribution in [1.82, 2.24) is 19.6 Å². The Morgan fingerprint density at radius 3 is 2.90 bits per heavy atom. The molecule has 5 heteroatoms. The Morgan fingerprint density at radius 1 is 0.952 bits per heavy atom. The Bertz CT molecular complexity index is 912. The van der Waals surface area contributed by atoms with Crippen LogP contribution in [0.15, 0.2) is 60.9 Å². The van der Waals surface area contributed by atoms with Crippen LogP contribution in [-0.4, -0.2) is 19.6 Å². The molecular weight excluding hydrogens is 262 g/mol. The van der Waals surface area contributed by atoms with E-state index in [9.17, 15) is 0 Å². The highest BCUT2D eigenvalue weighted by Gasteiger charge is 2.03. The van der Waals surface area contributed by atoms with Gasteiger partial charge in [0, 0.05) is 17.6 Å². The zero-order valence-electron chi connectivity index (χ0n) is 11.3. The van der Waals surface area contributed by atoms with Gasteiger partial charge in [-0.15, -0.1) is 0 Å². The molecule has 3 heterocycles. The van der Waals surface area contributed by atoms with Gasteiger partial charge in [-0.3, -0.25) is 0 Å². The highest BCUT2D eigenvalue weighted by molar-refractivity contribution is 5.80. The summed E-state index contributed by atoms with van der Waals surface area (Å²) in [5, 5.41) is 8.75. The van der Waals surface area contributed by atoms with Gasteiger partial charge in [-0.2, -0.15) is 5.10 Å². The van der Waals surface area contributed by atoms with Crippen LogP contribution in [0.3, 0.4) is 0 Å². The first kappa shape index (κ1) is 11.8. The molecule has 0 aliphatic carbocycles. The highest BCUT2D eigenvalue weighted by atomic mass is 15.3. The maximum absolute atomic E-state index is 4.60. The molecule has 0 radical (unpaired) electrons. The van der Waals surface area contributed by atoms with E-state index in [2.05, 4.69) is 32.5 Å². The molecule has 102 valence electrons. The van der Waals surface area contributed by atoms with Gasteiger partial charge in [0.1, 0.15) is 5.82 Å². The maximum atomic E-state index is 4.60. The van der Waals surface area contributed by atoms with Crippen molar-refractivity contribution in [2.24, 2.45) is 0 Å². The number of hydrogen-bond acceptors (Lipinski definition) is 4. The molecule has 0 aliphatic heterocycles. The molecule has 5 nitrogen and oxygen atoms in total. The zero-order valence-corrected chi connectivity index (χ0v) is 11.3. The molecule has 4 rings (SSSR count). The smallest absolute Gasteiger partial charge is 0.155 e. The number of hydrogen-bond donors (Lipinski definition) is 1. The number of benzene rings is 1. The fourth-order valence-corrected chi connectivity index (χ4v) is 2.37. The van der Waals surface area contributed by atoms with Crippen LogP contribution < -0.4 is 5.32 Å². The maximum Gasteiger partial charge on any atom is 0.155 e. The summed E-state index contributed by atoms with van der Waals surface area (Å²) in [5.41, 5.74) is 2.88. The molecule has 1 aromatic carbocycles. The Hall–Kier alpha value is -2.95. The molecule has 4 aromatic rings. The fraction of sp³-hybridized carbons (Fsp3) is 0.0625. The van der Waals surface area contributed by atoms with Crippen LogP contribution in [0.1, 0.15) is 5.69 Å². The highest BCUT2D eigenvalue weighted by Crippen LogP contribution is 2.15. The van der Waals surface area contributed by atoms with Crippen LogP contribution in [0.5, 0.6) is 0 Å². The number of nitrogens with zero attached hydrogens (tertiary/aromatic N) is 4. The van der Waals surface area contributed by atoms with Crippen molar-refractivity contribution in [2.45, 2.75) is 6.54 Å². The number of nitrogens with one attached hydrogen (secondary N) is 1. The van der Waals surface area contributed by atoms with E-state index in [1.54, 1.807) is 12.4 Å². The molecule has 0 amide bonds. The summed E-state index contributed by atoms with van der Waals surface area (Å²) in [6, 6.07) is 16.0. The van der Waals surface area contributed by atoms with E-state index in [-0.39, 0.29) is 0 Å². The quantitative estimate of drug-likeness (QED) is 0.624. The standard InChI is InChI=1S/C16H13N5/c1-2-4-14-12(3-1)5-6-15(20-14)18-11-13-7-9-17-16-8-10-19-21(13)16/h1-10H,11H2,(H,18,20). The van der Waals surface area contributed by atoms with Gasteiger partial charge in [0.15, 0.2) is 5.65 Å². The van der Waals surface area contributed by atoms with Crippen LogP contribution in [0.25, 0.3) is 16.6 Å². The number of rotatable bonds is 3. The SMILES string of the molecule is c1ccc2nc(NCc3ccnc4ccnn34)ccc2c1. The molecule has 0 atom stereocenters. The zero-order chi connectivity index (χ0) is 14.1. The van der Waals surface area contributed by atoms with E-state index in [4.69, 9.17) is 0 Å². The summed E-state index contributed by atoms with van der Waals surface area (Å²) in [4.78, 5) is 8.86. The molecule has 21 heavy (non-hydrogen) atoms. The van der Waals surface area contributed by atoms with Gasteiger partial charge in [-0.05, 0) is 24.3 Å². The van der Waals surface area contributed by atoms with Crippen molar-refractivity contribution in [3.8, 4) is 0 Å². The Kier molecular flexibility index (Phi) is 2.74. The molecular formula is C16H13N5. The van der Waals surface area contributed by atoms with Gasteiger partial charge in [0.25, 0.3) is 0 Å². The van der Waals surface area contributed by atoms with Gasteiger partial charge < -0.3 is 5.32 Å². The molecule has 0 bridgehead atoms. The van der Waals surface area contributed by atoms with Crippen LogP contribution in [-0.2, 0) is 6.54 Å². The second-order valence-corrected chi connectivity index (χ2v) is 4.78. The minimum absolute atomic E-state index is 0.645. The van der Waals surface area contributed by atoms with Gasteiger partial charge in [-0.1, -0.05) is 18.2 Å². The summed E-state index contributed by atoms with van der Waals surface area (Å²) in [6.45, 7) is 0.645. The monoisotopic (exact) mass is 275 g/mol. The van der Waals surface area contributed by atoms with Crippen molar-refractivity contribution >= 4 is 22.4 Å². The lowest BCUT2D eigenvalue weighted by molar-refractivity contribution is 0.852. The number of pyridine rings is 1. The third-order valence-electron chi connectivity index (χ3n) is 3.42. The van der Waals surface area contributed by atoms with Crippen LogP contribution in [0.2, 0.25) is 0 Å². The van der Waals surface area contributed by atoms with Gasteiger partial charge >= 0.3 is 0 Å². The molecule has 0 saturated heterocycles. The lowest BCUT2D eigenvalue weighted by atomic mass is 10.2. The van der Waals surface area contributed by atoms with Gasteiger partial charge in [-0.25, -0.2) is 14.5 Å². The van der Waals surface area contributed by atoms with E-state index < -0.39 is 0 Å². The fourth-order valence-electron chi connectivity index (χ4n) is 2.37. The predicted octanol–water partition coefficient (Wildman–Crippen LogP) is 2.89. The summed E-state index contributed by atoms with van der Waals surface area (Å²) in [7, 11) is 0. The van der Waals surface area contributed by atoms with E-state index in [1.807, 2.05) is 40.9 Å². The predicted molar refractivity (Wildman–Crippen MR) is 82.1 cm³/mol. The van der Waals surface area contributed by atoms with Crippen LogP contribution >= 0.6 is 0 Å². The van der Waals surface area contributed by atoms with E-state index in [0.717, 1.165) is 28.1 Å². The van der Waals surface area contributed by atoms with Gasteiger partial charge in [0.05, 0.1) is 24.0 Å². The van der Waals surface area contributed by atoms with E-state index in [0.29, 0.717) is 6.54 Å². The van der Waals surface area contributed by atoms with Gasteiger partial charge in [0.2, 0.25) is 0 Å². The summed E-state index contributed by atoms with van der Waals surface area (Å²) < 4.78 is 1.83. The van der Waals surface area contributed by atoms with Crippen molar-refractivity contribution in [3.05, 3.63) is 66.6 Å². The minimum Gasteiger partial charge on any atom is -0.364 e. The average molecular weight is 275 g/mol. The summed E-state index contributed by atoms with van der Waals surface area (Å²) >= 11 is 0. The van der Waals surface area contributed by atoms with E-state index >= 15 is 0 Å². The topological polar surface area (TPSA) is 55.1 Å². The lowest BCUT2D eigenvalue weighted by Crippen LogP contribution is -2.07. The second-order valence-electron chi connectivity index (χ2n) is 4.78. The molecule has 0 unspecified atom stereocenters. The van der Waals surface area contributed by atoms with Crippen LogP contribution in [0, 0.1) is 0 Å². The molecule has 0 fully saturated rings. The van der Waals surface area contributed by atoms with Crippen LogP contribution in [0.4, 0.5) is 5.82 Å². The van der Waals surface area contributed by atoms with Crippen molar-refractivity contribution in [3.63, 3.8) is 0 Å². The molecule has 0 spiro atoms. The first-order valence-electron chi connectivity index (χ1n) is 6.77. The Balaban J connectivity index is 1.61. The van der Waals surface area contributed by atoms with Crippen molar-refractivity contribution in [1.29, 1.82) is 0 Å². The number of aromatic nitrogens is 4. The van der Waals surface area contributed by atoms with Crippen molar-refractivity contribution < 1.29 is 0 Å². The number of fused-ring (bicyclic) bond motifs is 2. The third-order valence-corrected chi connectivity index (χ3v) is 3.42.